The molecule has 0 fully saturated rings. The van der Waals surface area contributed by atoms with Crippen LogP contribution in [-0.4, -0.2) is 68.1 Å². The van der Waals surface area contributed by atoms with Crippen LogP contribution in [0.4, 0.5) is 57.1 Å². The molecule has 0 aromatic heterocycles. The highest BCUT2D eigenvalue weighted by atomic mass is 19.4. The smallest absolute Gasteiger partial charge is 0.412 e. The molecule has 0 saturated carbocycles. The second-order valence-corrected chi connectivity index (χ2v) is 3.29. The fraction of sp³-hybridized carbons (Fsp3) is 1.00. The molecule has 0 atom stereocenters. The third-order valence-electron chi connectivity index (χ3n) is 1.54. The molecule has 6 nitrogen and oxygen atoms in total. The van der Waals surface area contributed by atoms with E-state index in [1.807, 2.05) is 0 Å². The summed E-state index contributed by atoms with van der Waals surface area (Å²) in [6.45, 7) is 0. The molecule has 0 aliphatic rings. The Hall–Kier alpha value is -1.15. The van der Waals surface area contributed by atoms with Gasteiger partial charge in [0.25, 0.3) is 0 Å². The van der Waals surface area contributed by atoms with Gasteiger partial charge in [-0.3, -0.25) is 0 Å². The summed E-state index contributed by atoms with van der Waals surface area (Å²) in [6.07, 6.45) is -25.0. The summed E-state index contributed by atoms with van der Waals surface area (Å²) in [5.74, 6) is -11.8. The van der Waals surface area contributed by atoms with Gasteiger partial charge in [-0.2, -0.15) is 57.1 Å². The Morgan fingerprint density at radius 2 is 0.538 bits per heavy atom. The van der Waals surface area contributed by atoms with E-state index in [1.54, 1.807) is 0 Å². The molecule has 0 aromatic carbocycles. The second-order valence-electron chi connectivity index (χ2n) is 3.29. The van der Waals surface area contributed by atoms with Gasteiger partial charge in [0.05, 0.1) is 0 Å². The predicted octanol–water partition coefficient (Wildman–Crippen LogP) is 0.723. The summed E-state index contributed by atoms with van der Waals surface area (Å²) >= 11 is 0. The van der Waals surface area contributed by atoms with Crippen molar-refractivity contribution in [1.29, 1.82) is 0 Å². The van der Waals surface area contributed by atoms with Crippen molar-refractivity contribution in [3.63, 3.8) is 0 Å². The predicted molar refractivity (Wildman–Crippen MR) is 55.0 cm³/mol. The van der Waals surface area contributed by atoms with Crippen molar-refractivity contribution in [3.8, 4) is 0 Å². The zero-order valence-corrected chi connectivity index (χ0v) is 10.8. The molecule has 0 aliphatic heterocycles. The van der Waals surface area contributed by atoms with E-state index in [1.165, 1.54) is 0 Å². The van der Waals surface area contributed by atoms with Crippen LogP contribution in [0.2, 0.25) is 0 Å². The molecule has 0 spiro atoms. The minimum absolute atomic E-state index is 0. The molecular formula is C7H13F13O6. The van der Waals surface area contributed by atoms with Crippen LogP contribution in [0.3, 0.4) is 0 Å². The molecule has 0 rings (SSSR count). The highest BCUT2D eigenvalue weighted by Gasteiger charge is 2.72. The van der Waals surface area contributed by atoms with Crippen molar-refractivity contribution < 1.29 is 88.8 Å². The van der Waals surface area contributed by atoms with Crippen molar-refractivity contribution in [2.24, 2.45) is 0 Å². The van der Waals surface area contributed by atoms with Crippen LogP contribution in [0.1, 0.15) is 7.43 Å². The minimum Gasteiger partial charge on any atom is -0.412 e. The van der Waals surface area contributed by atoms with Crippen LogP contribution >= 0.6 is 0 Å². The van der Waals surface area contributed by atoms with Gasteiger partial charge < -0.3 is 31.7 Å². The Labute approximate surface area is 134 Å². The van der Waals surface area contributed by atoms with Crippen LogP contribution in [0.25, 0.3) is 0 Å². The maximum atomic E-state index is 11.4. The normalized spacial score (nSPS) is 12.9. The molecular weight excluding hydrogens is 427 g/mol. The molecule has 26 heavy (non-hydrogen) atoms. The van der Waals surface area contributed by atoms with Gasteiger partial charge in [0, 0.05) is 0 Å². The molecule has 0 aliphatic carbocycles. The van der Waals surface area contributed by atoms with Gasteiger partial charge in [-0.25, -0.2) is 0 Å². The molecule has 9 N–H and O–H groups in total. The zero-order valence-electron chi connectivity index (χ0n) is 10.8. The minimum atomic E-state index is -6.36. The van der Waals surface area contributed by atoms with Gasteiger partial charge >= 0.3 is 36.3 Å². The van der Waals surface area contributed by atoms with Gasteiger partial charge in [-0.05, 0) is 0 Å². The fourth-order valence-corrected chi connectivity index (χ4v) is 0.321. The molecule has 0 saturated heterocycles. The molecule has 0 heterocycles. The number of hydrogen-bond donors (Lipinski definition) is 3. The fourth-order valence-electron chi connectivity index (χ4n) is 0.321. The molecule has 0 unspecified atom stereocenters. The lowest BCUT2D eigenvalue weighted by atomic mass is 10.3. The molecule has 19 heteroatoms. The van der Waals surface area contributed by atoms with E-state index < -0.39 is 36.3 Å². The zero-order chi connectivity index (χ0) is 19.0. The third kappa shape index (κ3) is 8.98. The molecule has 0 radical (unpaired) electrons. The lowest BCUT2D eigenvalue weighted by Gasteiger charge is -2.26. The highest BCUT2D eigenvalue weighted by Crippen LogP contribution is 2.43. The van der Waals surface area contributed by atoms with Gasteiger partial charge in [-0.1, -0.05) is 7.43 Å². The topological polar surface area (TPSA) is 155 Å². The van der Waals surface area contributed by atoms with E-state index in [4.69, 9.17) is 15.3 Å². The highest BCUT2D eigenvalue weighted by molar-refractivity contribution is 4.83. The summed E-state index contributed by atoms with van der Waals surface area (Å²) in [5.41, 5.74) is 0. The SMILES string of the molecule is C.O.O.O.OC(F)(C(F)(F)F)C(F)(F)F.OC(O)(C(F)(F)F)C(F)(F)F. The molecule has 0 amide bonds. The first-order valence-electron chi connectivity index (χ1n) is 4.13. The van der Waals surface area contributed by atoms with E-state index in [2.05, 4.69) is 0 Å². The number of hydrogen-bond acceptors (Lipinski definition) is 3. The summed E-state index contributed by atoms with van der Waals surface area (Å²) in [7, 11) is 0. The van der Waals surface area contributed by atoms with Crippen LogP contribution in [0.15, 0.2) is 0 Å². The first-order valence-corrected chi connectivity index (χ1v) is 4.13. The second kappa shape index (κ2) is 10.3. The average molecular weight is 440 g/mol. The quantitative estimate of drug-likeness (QED) is 0.376. The average Bonchev–Trinajstić information content (AvgIpc) is 2.10. The lowest BCUT2D eigenvalue weighted by molar-refractivity contribution is -0.445. The Bertz CT molecular complexity index is 297. The third-order valence-corrected chi connectivity index (χ3v) is 1.54. The van der Waals surface area contributed by atoms with E-state index >= 15 is 0 Å². The first-order chi connectivity index (χ1) is 9.00. The Morgan fingerprint density at radius 1 is 0.385 bits per heavy atom. The number of rotatable bonds is 0. The van der Waals surface area contributed by atoms with Crippen LogP contribution in [-0.2, 0) is 0 Å². The maximum absolute atomic E-state index is 11.4. The van der Waals surface area contributed by atoms with Crippen LogP contribution < -0.4 is 0 Å². The summed E-state index contributed by atoms with van der Waals surface area (Å²) < 4.78 is 144. The standard InChI is InChI=1S/C3HF7O.C3H2F6O2.CH4.3H2O/c4-1(11,2(5,6)7)3(8,9)10;4-2(5,6)1(10,11)3(7,8)9;;;;/h11H;10-11H;1H4;3*1H2. The summed E-state index contributed by atoms with van der Waals surface area (Å²) in [6, 6.07) is 0. The van der Waals surface area contributed by atoms with Crippen LogP contribution in [0, 0.1) is 0 Å². The van der Waals surface area contributed by atoms with Crippen molar-refractivity contribution in [2.75, 3.05) is 0 Å². The van der Waals surface area contributed by atoms with Crippen molar-refractivity contribution >= 4 is 0 Å². The number of aliphatic hydroxyl groups is 3. The lowest BCUT2D eigenvalue weighted by Crippen LogP contribution is -2.56. The van der Waals surface area contributed by atoms with Crippen LogP contribution in [0.5, 0.6) is 0 Å². The van der Waals surface area contributed by atoms with Gasteiger partial charge in [0.15, 0.2) is 0 Å². The molecule has 0 bridgehead atoms. The largest absolute Gasteiger partial charge is 0.458 e. The maximum Gasteiger partial charge on any atom is 0.458 e. The van der Waals surface area contributed by atoms with E-state index in [9.17, 15) is 57.1 Å². The summed E-state index contributed by atoms with van der Waals surface area (Å²) in [4.78, 5) is 0. The van der Waals surface area contributed by atoms with Gasteiger partial charge in [-0.15, -0.1) is 0 Å². The molecule has 168 valence electrons. The number of alkyl halides is 13. The van der Waals surface area contributed by atoms with Gasteiger partial charge in [0.1, 0.15) is 0 Å². The van der Waals surface area contributed by atoms with E-state index in [-0.39, 0.29) is 23.9 Å². The number of halogens is 13. The van der Waals surface area contributed by atoms with Crippen molar-refractivity contribution in [3.05, 3.63) is 0 Å². The first kappa shape index (κ1) is 39.8. The Morgan fingerprint density at radius 3 is 0.538 bits per heavy atom. The van der Waals surface area contributed by atoms with Crippen molar-refractivity contribution in [2.45, 2.75) is 43.8 Å². The monoisotopic (exact) mass is 440 g/mol. The van der Waals surface area contributed by atoms with E-state index in [0.717, 1.165) is 0 Å². The Balaban J connectivity index is -0.0000000667. The Kier molecular flexibility index (Phi) is 15.7. The van der Waals surface area contributed by atoms with Crippen molar-refractivity contribution in [1.82, 2.24) is 0 Å². The van der Waals surface area contributed by atoms with Gasteiger partial charge in [0.2, 0.25) is 0 Å². The van der Waals surface area contributed by atoms with E-state index in [0.29, 0.717) is 0 Å². The summed E-state index contributed by atoms with van der Waals surface area (Å²) in [5, 5.41) is 22.3. The molecule has 0 aromatic rings.